The van der Waals surface area contributed by atoms with Crippen LogP contribution in [0.25, 0.3) is 87.9 Å². The molecule has 0 aliphatic carbocycles. The lowest BCUT2D eigenvalue weighted by molar-refractivity contribution is -0.0174. The number of pyridine rings is 1. The van der Waals surface area contributed by atoms with Crippen molar-refractivity contribution >= 4 is 110 Å². The number of fused-ring (bicyclic) bond motifs is 10. The maximum absolute atomic E-state index is 14.2. The van der Waals surface area contributed by atoms with Gasteiger partial charge in [-0.25, -0.2) is 22.0 Å². The van der Waals surface area contributed by atoms with Crippen molar-refractivity contribution < 1.29 is 100.0 Å². The average molecular weight is 2010 g/mol. The number of hydrogen-bond acceptors (Lipinski definition) is 29. The third kappa shape index (κ3) is 18.9. The SMILES string of the molecule is Nc1cccc(-c2ccc3c(c2)c(N=O)c(O)n3Cc2cc(F)cc3c2OCOC3)c1.Nc1cccc2c1c(N=O)c(O)n2Cc1cc(F)cc2c1OCOC2.O=Nc1c(O)n(Cc2cc(F)cc3c2OCOC3)c2ccc(-c3ccc(CO)cc3)cc12.O=Nc1c(O)n(Cc2cc(F)cc3c2OCOC3)c2ccc(-c3cccnc3)cc12.O=Nc1c(O)n(Cc2cc(F)cc3c2OCOC3)c2ccc(Br)cc12. The van der Waals surface area contributed by atoms with E-state index in [1.807, 2.05) is 72.8 Å². The number of nitrogen functional groups attached to an aromatic ring is 2. The van der Waals surface area contributed by atoms with Gasteiger partial charge in [-0.1, -0.05) is 82.7 Å². The molecule has 6 aromatic heterocycles. The second-order valence-corrected chi connectivity index (χ2v) is 34.3. The standard InChI is InChI=1S/C24H19FN2O5.C23H18FN3O4.C22H16FN3O4.C17H12BrFN2O4.C17H14FN3O4/c25-19-7-17(23-18(8-19)12-31-13-32-23)10-27-21-6-5-16(9-20(21)22(26-30)24(27)29)15-3-1-14(11-28)2-4-15;24-17-6-15(22-16(7-17)11-30-12-31-22)10-27-20-5-4-14(13-2-1-3-18(25)8-13)9-19(20)21(26-29)23(27)28;23-17-6-15(21-16(7-17)11-29-12-30-21)10-26-19-4-3-13(14-2-1-5-24-9-14)8-18(19)20(25-28)22(26)27;18-11-1-2-14-13(5-11)15(20-23)17(22)21(14)6-9-3-12(19)4-10-7-24-8-25-16(9)10;18-11-4-9(16-10(5-11)7-24-8-25-16)6-21-13-3-1-2-12(19)14(13)15(20-23)17(21)22/h1-9,28-29H,10-13H2;1-9,28H,10-12,25H2;1-9,27H,10-12H2;1-5,22H,6-8H2;1-5,22H,6-8,19H2. The lowest BCUT2D eigenvalue weighted by Crippen LogP contribution is -2.14. The van der Waals surface area contributed by atoms with Gasteiger partial charge in [-0.15, -0.1) is 24.5 Å². The number of ether oxygens (including phenoxy) is 10. The van der Waals surface area contributed by atoms with Crippen molar-refractivity contribution in [2.24, 2.45) is 25.9 Å². The first-order chi connectivity index (χ1) is 69.5. The average Bonchev–Trinajstić information content (AvgIpc) is 1.62. The van der Waals surface area contributed by atoms with E-state index in [0.717, 1.165) is 43.4 Å². The topological polar surface area (TPSA) is 450 Å². The van der Waals surface area contributed by atoms with Gasteiger partial charge in [0.15, 0.2) is 62.4 Å². The Hall–Kier alpha value is -17.0. The summed E-state index contributed by atoms with van der Waals surface area (Å²) in [5, 5.41) is 79.6. The molecule has 5 aliphatic rings. The van der Waals surface area contributed by atoms with Crippen molar-refractivity contribution in [3.8, 4) is 91.5 Å². The highest BCUT2D eigenvalue weighted by molar-refractivity contribution is 9.10. The summed E-state index contributed by atoms with van der Waals surface area (Å²) in [6, 6.07) is 58.6. The molecule has 34 nitrogen and oxygen atoms in total. The Morgan fingerprint density at radius 1 is 0.329 bits per heavy atom. The van der Waals surface area contributed by atoms with E-state index in [1.165, 1.54) is 83.5 Å². The fourth-order valence-electron chi connectivity index (χ4n) is 18.2. The van der Waals surface area contributed by atoms with Gasteiger partial charge in [-0.05, 0) is 205 Å². The van der Waals surface area contributed by atoms with Crippen molar-refractivity contribution in [1.82, 2.24) is 27.8 Å². The Balaban J connectivity index is 0.000000114. The van der Waals surface area contributed by atoms with E-state index in [4.69, 9.17) is 58.8 Å². The van der Waals surface area contributed by atoms with Gasteiger partial charge < -0.3 is 112 Å². The van der Waals surface area contributed by atoms with Gasteiger partial charge in [0.05, 0.1) is 105 Å². The molecule has 0 atom stereocenters. The number of halogens is 6. The second kappa shape index (κ2) is 40.8. The third-order valence-electron chi connectivity index (χ3n) is 24.6. The predicted octanol–water partition coefficient (Wildman–Crippen LogP) is 22.8. The summed E-state index contributed by atoms with van der Waals surface area (Å²) in [5.74, 6) is -1.03. The molecule has 0 amide bonds. The Morgan fingerprint density at radius 2 is 0.636 bits per heavy atom. The van der Waals surface area contributed by atoms with E-state index >= 15 is 0 Å². The zero-order valence-corrected chi connectivity index (χ0v) is 76.4. The monoisotopic (exact) mass is 2010 g/mol. The van der Waals surface area contributed by atoms with Crippen molar-refractivity contribution in [3.63, 3.8) is 0 Å². The first-order valence-electron chi connectivity index (χ1n) is 43.9. The predicted molar refractivity (Wildman–Crippen MR) is 521 cm³/mol. The fraction of sp³-hybridized carbons (Fsp3) is 0.155. The Kier molecular flexibility index (Phi) is 27.1. The molecule has 0 saturated carbocycles. The molecule has 0 saturated heterocycles. The number of aromatic hydroxyl groups is 5. The minimum atomic E-state index is -0.439. The van der Waals surface area contributed by atoms with E-state index in [2.05, 4.69) is 46.8 Å². The normalized spacial score (nSPS) is 13.2. The highest BCUT2D eigenvalue weighted by atomic mass is 79.9. The summed E-state index contributed by atoms with van der Waals surface area (Å²) in [6.45, 7) is 2.00. The van der Waals surface area contributed by atoms with Gasteiger partial charge >= 0.3 is 0 Å². The molecular formula is C103H79BrF5N13O21. The maximum Gasteiger partial charge on any atom is 0.222 e. The molecule has 23 rings (SSSR count). The van der Waals surface area contributed by atoms with Gasteiger partial charge in [0, 0.05) is 111 Å². The quantitative estimate of drug-likeness (QED) is 0.0212. The number of anilines is 2. The molecule has 5 aliphatic heterocycles. The van der Waals surface area contributed by atoms with Crippen molar-refractivity contribution in [2.75, 3.05) is 45.4 Å². The molecule has 40 heteroatoms. The smallest absolute Gasteiger partial charge is 0.222 e. The lowest BCUT2D eigenvalue weighted by Gasteiger charge is -2.21. The van der Waals surface area contributed by atoms with Crippen LogP contribution in [0.1, 0.15) is 61.2 Å². The van der Waals surface area contributed by atoms with Crippen LogP contribution in [0, 0.1) is 53.6 Å². The van der Waals surface area contributed by atoms with Gasteiger partial charge in [-0.3, -0.25) is 4.98 Å². The van der Waals surface area contributed by atoms with Crippen LogP contribution >= 0.6 is 15.9 Å². The molecule has 0 bridgehead atoms. The highest BCUT2D eigenvalue weighted by Crippen LogP contribution is 2.50. The minimum absolute atomic E-state index is 0.0468. The molecule has 0 fully saturated rings. The highest BCUT2D eigenvalue weighted by Gasteiger charge is 2.31. The summed E-state index contributed by atoms with van der Waals surface area (Å²) >= 11 is 3.34. The molecule has 143 heavy (non-hydrogen) atoms. The Bertz CT molecular complexity index is 8100. The maximum atomic E-state index is 14.2. The van der Waals surface area contributed by atoms with E-state index in [-0.39, 0.29) is 164 Å². The summed E-state index contributed by atoms with van der Waals surface area (Å²) in [7, 11) is 0. The summed E-state index contributed by atoms with van der Waals surface area (Å²) in [5.41, 5.74) is 26.8. The van der Waals surface area contributed by atoms with Gasteiger partial charge in [0.1, 0.15) is 57.8 Å². The summed E-state index contributed by atoms with van der Waals surface area (Å²) in [4.78, 5) is 61.1. The van der Waals surface area contributed by atoms with Crippen molar-refractivity contribution in [1.29, 1.82) is 0 Å². The number of aliphatic hydroxyl groups is 1. The molecule has 10 N–H and O–H groups in total. The number of nitrogens with zero attached hydrogens (tertiary/aromatic N) is 11. The van der Waals surface area contributed by atoms with E-state index in [9.17, 15) is 77.1 Å². The van der Waals surface area contributed by atoms with Gasteiger partial charge in [0.2, 0.25) is 29.4 Å². The van der Waals surface area contributed by atoms with Crippen LogP contribution < -0.4 is 35.2 Å². The van der Waals surface area contributed by atoms with E-state index < -0.39 is 29.1 Å². The van der Waals surface area contributed by atoms with Crippen LogP contribution in [0.4, 0.5) is 61.8 Å². The molecule has 0 unspecified atom stereocenters. The number of hydrogen-bond donors (Lipinski definition) is 8. The van der Waals surface area contributed by atoms with Gasteiger partial charge in [-0.2, -0.15) is 0 Å². The fourth-order valence-corrected chi connectivity index (χ4v) is 18.6. The first-order valence-corrected chi connectivity index (χ1v) is 44.6. The Labute approximate surface area is 812 Å². The molecule has 11 heterocycles. The molecular weight excluding hydrogens is 1930 g/mol. The second-order valence-electron chi connectivity index (χ2n) is 33.4. The van der Waals surface area contributed by atoms with Crippen LogP contribution in [0.15, 0.2) is 255 Å². The van der Waals surface area contributed by atoms with Crippen LogP contribution in [-0.4, -0.2) is 92.4 Å². The molecule has 12 aromatic carbocycles. The number of nitroso groups, excluding NO2 is 5. The van der Waals surface area contributed by atoms with Crippen molar-refractivity contribution in [2.45, 2.75) is 72.4 Å². The third-order valence-corrected chi connectivity index (χ3v) is 25.1. The number of nitrogens with two attached hydrogens (primary N) is 2. The largest absolute Gasteiger partial charge is 0.493 e. The first kappa shape index (κ1) is 94.9. The van der Waals surface area contributed by atoms with Crippen LogP contribution in [-0.2, 0) is 96.0 Å². The summed E-state index contributed by atoms with van der Waals surface area (Å²) < 4.78 is 132. The van der Waals surface area contributed by atoms with E-state index in [0.29, 0.717) is 150 Å². The molecule has 0 spiro atoms. The summed E-state index contributed by atoms with van der Waals surface area (Å²) in [6.07, 6.45) is 3.39. The lowest BCUT2D eigenvalue weighted by atomic mass is 10.0. The van der Waals surface area contributed by atoms with Crippen molar-refractivity contribution in [3.05, 3.63) is 344 Å². The van der Waals surface area contributed by atoms with Crippen LogP contribution in [0.2, 0.25) is 0 Å². The van der Waals surface area contributed by atoms with Gasteiger partial charge in [0.25, 0.3) is 0 Å². The van der Waals surface area contributed by atoms with E-state index in [1.54, 1.807) is 91.3 Å². The molecule has 0 radical (unpaired) electrons. The number of rotatable bonds is 19. The number of aromatic nitrogens is 6. The molecule has 724 valence electrons. The number of aliphatic hydroxyl groups excluding tert-OH is 1. The Morgan fingerprint density at radius 3 is 0.979 bits per heavy atom. The minimum Gasteiger partial charge on any atom is -0.493 e. The number of benzene rings is 12. The van der Waals surface area contributed by atoms with Crippen LogP contribution in [0.5, 0.6) is 58.1 Å². The van der Waals surface area contributed by atoms with Crippen LogP contribution in [0.3, 0.4) is 0 Å². The zero-order chi connectivity index (χ0) is 99.5. The zero-order valence-electron chi connectivity index (χ0n) is 74.8. The molecule has 18 aromatic rings.